The maximum atomic E-state index is 14.0. The Kier molecular flexibility index (Phi) is 6.42. The highest BCUT2D eigenvalue weighted by molar-refractivity contribution is 7.85. The average Bonchev–Trinajstić information content (AvgIpc) is 3.51. The van der Waals surface area contributed by atoms with E-state index < -0.39 is 57.4 Å². The Labute approximate surface area is 246 Å². The molecule has 6 atom stereocenters. The third-order valence-corrected chi connectivity index (χ3v) is 12.2. The molecule has 0 aromatic heterocycles. The molecule has 42 heavy (non-hydrogen) atoms. The van der Waals surface area contributed by atoms with Gasteiger partial charge in [-0.15, -0.1) is 0 Å². The van der Waals surface area contributed by atoms with Crippen LogP contribution < -0.4 is 4.74 Å². The molecule has 228 valence electrons. The standard InChI is InChI=1S/C32H40O9S/c1-14(2)20-8-19(42(36,37)38)9-21(15(3)4)26(20)39-29(33)25-23-10-22-24(25)30(34)40-27(22)28(23)41-31(35)32-11-16-5-17(12-32)7-18(6-16)13-32/h8-9,14-18,22-25,27-28H,5-7,10-13H2,1-4H3,(H,36,37,38)/p-1. The summed E-state index contributed by atoms with van der Waals surface area (Å²) in [5.41, 5.74) is 0.406. The van der Waals surface area contributed by atoms with Crippen LogP contribution in [0.15, 0.2) is 17.0 Å². The number of fused-ring (bicyclic) bond motifs is 1. The largest absolute Gasteiger partial charge is 0.744 e. The molecule has 1 saturated heterocycles. The van der Waals surface area contributed by atoms with Crippen molar-refractivity contribution >= 4 is 28.0 Å². The second-order valence-electron chi connectivity index (χ2n) is 14.7. The Morgan fingerprint density at radius 2 is 1.48 bits per heavy atom. The first kappa shape index (κ1) is 28.3. The Hall–Kier alpha value is -2.46. The highest BCUT2D eigenvalue weighted by Gasteiger charge is 2.71. The van der Waals surface area contributed by atoms with E-state index in [9.17, 15) is 27.4 Å². The Bertz CT molecular complexity index is 1400. The van der Waals surface area contributed by atoms with Gasteiger partial charge in [0.2, 0.25) is 0 Å². The number of carbonyl (C=O) groups is 3. The molecular weight excluding hydrogens is 560 g/mol. The fourth-order valence-electron chi connectivity index (χ4n) is 10.0. The lowest BCUT2D eigenvalue weighted by Gasteiger charge is -2.55. The molecule has 9 nitrogen and oxygen atoms in total. The molecule has 1 heterocycles. The first-order valence-electron chi connectivity index (χ1n) is 15.5. The van der Waals surface area contributed by atoms with E-state index in [0.717, 1.165) is 19.3 Å². The number of carbonyl (C=O) groups excluding carboxylic acids is 3. The average molecular weight is 600 g/mol. The summed E-state index contributed by atoms with van der Waals surface area (Å²) in [6, 6.07) is 2.55. The monoisotopic (exact) mass is 599 g/mol. The first-order valence-corrected chi connectivity index (χ1v) is 16.9. The number of esters is 3. The fourth-order valence-corrected chi connectivity index (χ4v) is 10.6. The van der Waals surface area contributed by atoms with Crippen molar-refractivity contribution in [3.63, 3.8) is 0 Å². The molecule has 7 fully saturated rings. The minimum absolute atomic E-state index is 0.190. The van der Waals surface area contributed by atoms with Gasteiger partial charge in [0.25, 0.3) is 0 Å². The predicted octanol–water partition coefficient (Wildman–Crippen LogP) is 4.68. The smallest absolute Gasteiger partial charge is 0.315 e. The van der Waals surface area contributed by atoms with Crippen LogP contribution in [0.1, 0.15) is 95.6 Å². The molecule has 8 rings (SSSR count). The highest BCUT2D eigenvalue weighted by Crippen LogP contribution is 2.63. The van der Waals surface area contributed by atoms with Gasteiger partial charge < -0.3 is 18.8 Å². The van der Waals surface area contributed by atoms with Crippen molar-refractivity contribution in [3.05, 3.63) is 23.3 Å². The Morgan fingerprint density at radius 3 is 1.98 bits per heavy atom. The van der Waals surface area contributed by atoms with Crippen LogP contribution in [0.4, 0.5) is 0 Å². The molecule has 1 aromatic rings. The van der Waals surface area contributed by atoms with Gasteiger partial charge in [0.05, 0.1) is 22.1 Å². The molecule has 10 heteroatoms. The quantitative estimate of drug-likeness (QED) is 0.249. The lowest BCUT2D eigenvalue weighted by molar-refractivity contribution is -0.187. The third-order valence-electron chi connectivity index (χ3n) is 11.4. The van der Waals surface area contributed by atoms with Crippen molar-refractivity contribution in [3.8, 4) is 5.75 Å². The van der Waals surface area contributed by atoms with E-state index in [2.05, 4.69) is 0 Å². The molecule has 0 amide bonds. The topological polar surface area (TPSA) is 136 Å². The highest BCUT2D eigenvalue weighted by atomic mass is 32.2. The molecule has 0 N–H and O–H groups in total. The van der Waals surface area contributed by atoms with Crippen LogP contribution in [-0.4, -0.2) is 43.1 Å². The lowest BCUT2D eigenvalue weighted by Crippen LogP contribution is -2.53. The molecule has 6 aliphatic carbocycles. The van der Waals surface area contributed by atoms with E-state index in [1.54, 1.807) is 0 Å². The number of hydrogen-bond donors (Lipinski definition) is 0. The second-order valence-corrected chi connectivity index (χ2v) is 16.1. The Balaban J connectivity index is 1.17. The first-order chi connectivity index (χ1) is 19.8. The number of hydrogen-bond acceptors (Lipinski definition) is 9. The van der Waals surface area contributed by atoms with Crippen LogP contribution in [0.2, 0.25) is 0 Å². The number of ether oxygens (including phenoxy) is 3. The van der Waals surface area contributed by atoms with Gasteiger partial charge in [-0.05, 0) is 97.8 Å². The van der Waals surface area contributed by atoms with Crippen molar-refractivity contribution in [2.24, 2.45) is 46.8 Å². The molecule has 6 saturated carbocycles. The fraction of sp³-hybridized carbons (Fsp3) is 0.719. The van der Waals surface area contributed by atoms with Gasteiger partial charge in [0.15, 0.2) is 0 Å². The zero-order valence-electron chi connectivity index (χ0n) is 24.5. The minimum Gasteiger partial charge on any atom is -0.744 e. The zero-order chi connectivity index (χ0) is 29.9. The van der Waals surface area contributed by atoms with Gasteiger partial charge in [0.1, 0.15) is 28.1 Å². The molecular formula is C32H39O9S-. The Morgan fingerprint density at radius 1 is 0.929 bits per heavy atom. The van der Waals surface area contributed by atoms with Crippen molar-refractivity contribution in [2.45, 2.75) is 102 Å². The third kappa shape index (κ3) is 4.25. The summed E-state index contributed by atoms with van der Waals surface area (Å²) in [5.74, 6) is -1.89. The zero-order valence-corrected chi connectivity index (χ0v) is 25.4. The van der Waals surface area contributed by atoms with Gasteiger partial charge >= 0.3 is 17.9 Å². The van der Waals surface area contributed by atoms with Crippen molar-refractivity contribution in [1.29, 1.82) is 0 Å². The molecule has 7 aliphatic rings. The van der Waals surface area contributed by atoms with E-state index in [-0.39, 0.29) is 34.4 Å². The van der Waals surface area contributed by atoms with Crippen LogP contribution in [0.3, 0.4) is 0 Å². The summed E-state index contributed by atoms with van der Waals surface area (Å²) in [4.78, 5) is 40.5. The van der Waals surface area contributed by atoms with Gasteiger partial charge in [0, 0.05) is 11.8 Å². The van der Waals surface area contributed by atoms with E-state index in [0.29, 0.717) is 35.3 Å². The number of rotatable bonds is 7. The molecule has 1 aliphatic heterocycles. The molecule has 0 spiro atoms. The summed E-state index contributed by atoms with van der Waals surface area (Å²) >= 11 is 0. The van der Waals surface area contributed by atoms with Crippen LogP contribution in [0.25, 0.3) is 0 Å². The predicted molar refractivity (Wildman–Crippen MR) is 147 cm³/mol. The van der Waals surface area contributed by atoms with Crippen LogP contribution >= 0.6 is 0 Å². The van der Waals surface area contributed by atoms with E-state index in [4.69, 9.17) is 14.2 Å². The normalized spacial score (nSPS) is 39.3. The SMILES string of the molecule is CC(C)c1cc(S(=O)(=O)[O-])cc(C(C)C)c1OC(=O)C1C2CC3C(OC(=O)C31)C2OC(=O)C12CC3CC(CC(C3)C1)C2. The summed E-state index contributed by atoms with van der Waals surface area (Å²) < 4.78 is 53.8. The summed E-state index contributed by atoms with van der Waals surface area (Å²) in [6.07, 6.45) is 5.53. The molecule has 0 radical (unpaired) electrons. The van der Waals surface area contributed by atoms with Gasteiger partial charge in [-0.2, -0.15) is 0 Å². The second kappa shape index (κ2) is 9.52. The van der Waals surface area contributed by atoms with Crippen LogP contribution in [0.5, 0.6) is 5.75 Å². The molecule has 6 unspecified atom stereocenters. The maximum absolute atomic E-state index is 14.0. The van der Waals surface area contributed by atoms with E-state index >= 15 is 0 Å². The number of benzene rings is 1. The summed E-state index contributed by atoms with van der Waals surface area (Å²) in [5, 5.41) is 0. The van der Waals surface area contributed by atoms with Crippen LogP contribution in [0, 0.1) is 46.8 Å². The van der Waals surface area contributed by atoms with Gasteiger partial charge in [-0.25, -0.2) is 8.42 Å². The van der Waals surface area contributed by atoms with Crippen molar-refractivity contribution < 1.29 is 41.6 Å². The lowest BCUT2D eigenvalue weighted by atomic mass is 9.49. The summed E-state index contributed by atoms with van der Waals surface area (Å²) in [7, 11) is -4.73. The van der Waals surface area contributed by atoms with Crippen molar-refractivity contribution in [2.75, 3.05) is 0 Å². The van der Waals surface area contributed by atoms with Crippen molar-refractivity contribution in [1.82, 2.24) is 0 Å². The summed E-state index contributed by atoms with van der Waals surface area (Å²) in [6.45, 7) is 7.31. The van der Waals surface area contributed by atoms with Crippen LogP contribution in [-0.2, 0) is 34.0 Å². The molecule has 1 aromatic carbocycles. The minimum atomic E-state index is -4.73. The molecule has 6 bridgehead atoms. The van der Waals surface area contributed by atoms with Gasteiger partial charge in [-0.3, -0.25) is 14.4 Å². The van der Waals surface area contributed by atoms with Gasteiger partial charge in [-0.1, -0.05) is 27.7 Å². The van der Waals surface area contributed by atoms with E-state index in [1.807, 2.05) is 27.7 Å². The maximum Gasteiger partial charge on any atom is 0.315 e. The van der Waals surface area contributed by atoms with E-state index in [1.165, 1.54) is 31.4 Å².